The predicted octanol–water partition coefficient (Wildman–Crippen LogP) is 3.47. The summed E-state index contributed by atoms with van der Waals surface area (Å²) >= 11 is 1.72. The fourth-order valence-corrected chi connectivity index (χ4v) is 2.65. The molecule has 0 aliphatic rings. The largest absolute Gasteiger partial charge is 0.388 e. The van der Waals surface area contributed by atoms with Gasteiger partial charge in [0.2, 0.25) is 0 Å². The molecule has 0 aromatic heterocycles. The zero-order valence-corrected chi connectivity index (χ0v) is 11.8. The summed E-state index contributed by atoms with van der Waals surface area (Å²) in [5.74, 6) is 0.0765. The van der Waals surface area contributed by atoms with Crippen LogP contribution >= 0.6 is 11.8 Å². The summed E-state index contributed by atoms with van der Waals surface area (Å²) in [6.07, 6.45) is -0.485. The molecule has 0 heterocycles. The minimum Gasteiger partial charge on any atom is -0.388 e. The van der Waals surface area contributed by atoms with E-state index < -0.39 is 6.10 Å². The Hall–Kier alpha value is -1.29. The number of hydrogen-bond donors (Lipinski definition) is 2. The highest BCUT2D eigenvalue weighted by molar-refractivity contribution is 7.99. The monoisotopic (exact) mass is 273 g/mol. The van der Waals surface area contributed by atoms with E-state index >= 15 is 0 Å². The van der Waals surface area contributed by atoms with E-state index in [4.69, 9.17) is 5.73 Å². The van der Waals surface area contributed by atoms with E-state index in [0.717, 1.165) is 5.56 Å². The van der Waals surface area contributed by atoms with Crippen molar-refractivity contribution in [2.24, 2.45) is 11.7 Å². The SMILES string of the molecule is CC(CN)C(O)c1ccc(Sc2ccccc2)cc1. The van der Waals surface area contributed by atoms with Crippen molar-refractivity contribution in [3.63, 3.8) is 0 Å². The number of aliphatic hydroxyl groups excluding tert-OH is 1. The minimum absolute atomic E-state index is 0.0765. The molecular weight excluding hydrogens is 254 g/mol. The van der Waals surface area contributed by atoms with Crippen LogP contribution in [0.25, 0.3) is 0 Å². The van der Waals surface area contributed by atoms with Crippen LogP contribution < -0.4 is 5.73 Å². The van der Waals surface area contributed by atoms with Gasteiger partial charge < -0.3 is 10.8 Å². The van der Waals surface area contributed by atoms with Gasteiger partial charge in [-0.15, -0.1) is 0 Å². The van der Waals surface area contributed by atoms with Crippen LogP contribution in [0.15, 0.2) is 64.4 Å². The molecule has 0 radical (unpaired) electrons. The first-order valence-electron chi connectivity index (χ1n) is 6.41. The van der Waals surface area contributed by atoms with Crippen LogP contribution in [0.2, 0.25) is 0 Å². The van der Waals surface area contributed by atoms with Crippen LogP contribution in [0.4, 0.5) is 0 Å². The quantitative estimate of drug-likeness (QED) is 0.877. The second-order valence-corrected chi connectivity index (χ2v) is 5.79. The van der Waals surface area contributed by atoms with Gasteiger partial charge >= 0.3 is 0 Å². The smallest absolute Gasteiger partial charge is 0.0827 e. The van der Waals surface area contributed by atoms with Gasteiger partial charge in [0.05, 0.1) is 6.10 Å². The maximum Gasteiger partial charge on any atom is 0.0827 e. The van der Waals surface area contributed by atoms with Gasteiger partial charge in [-0.05, 0) is 42.3 Å². The summed E-state index contributed by atoms with van der Waals surface area (Å²) in [6, 6.07) is 18.3. The Balaban J connectivity index is 2.06. The summed E-state index contributed by atoms with van der Waals surface area (Å²) in [5.41, 5.74) is 6.50. The highest BCUT2D eigenvalue weighted by Crippen LogP contribution is 2.29. The van der Waals surface area contributed by atoms with E-state index in [9.17, 15) is 5.11 Å². The fourth-order valence-electron chi connectivity index (χ4n) is 1.82. The van der Waals surface area contributed by atoms with Crippen molar-refractivity contribution < 1.29 is 5.11 Å². The van der Waals surface area contributed by atoms with E-state index in [1.165, 1.54) is 9.79 Å². The van der Waals surface area contributed by atoms with E-state index in [0.29, 0.717) is 6.54 Å². The molecule has 3 N–H and O–H groups in total. The number of benzene rings is 2. The average molecular weight is 273 g/mol. The number of nitrogens with two attached hydrogens (primary N) is 1. The molecule has 2 nitrogen and oxygen atoms in total. The lowest BCUT2D eigenvalue weighted by Gasteiger charge is -2.17. The Labute approximate surface area is 118 Å². The molecule has 0 spiro atoms. The van der Waals surface area contributed by atoms with Gasteiger partial charge in [-0.3, -0.25) is 0 Å². The molecule has 100 valence electrons. The van der Waals surface area contributed by atoms with Gasteiger partial charge in [-0.2, -0.15) is 0 Å². The molecule has 0 aliphatic carbocycles. The first kappa shape index (κ1) is 14.1. The predicted molar refractivity (Wildman–Crippen MR) is 80.2 cm³/mol. The molecule has 2 rings (SSSR count). The standard InChI is InChI=1S/C16H19NOS/c1-12(11-17)16(18)13-7-9-15(10-8-13)19-14-5-3-2-4-6-14/h2-10,12,16,18H,11,17H2,1H3. The lowest BCUT2D eigenvalue weighted by molar-refractivity contribution is 0.121. The van der Waals surface area contributed by atoms with Gasteiger partial charge in [-0.1, -0.05) is 49.0 Å². The van der Waals surface area contributed by atoms with Crippen molar-refractivity contribution in [1.29, 1.82) is 0 Å². The molecular formula is C16H19NOS. The molecule has 0 amide bonds. The number of rotatable bonds is 5. The van der Waals surface area contributed by atoms with Gasteiger partial charge in [0.1, 0.15) is 0 Å². The maximum atomic E-state index is 10.1. The summed E-state index contributed by atoms with van der Waals surface area (Å²) in [7, 11) is 0. The van der Waals surface area contributed by atoms with Crippen molar-refractivity contribution in [2.45, 2.75) is 22.8 Å². The first-order valence-corrected chi connectivity index (χ1v) is 7.23. The second kappa shape index (κ2) is 6.75. The average Bonchev–Trinajstić information content (AvgIpc) is 2.47. The molecule has 0 saturated carbocycles. The molecule has 0 bridgehead atoms. The zero-order chi connectivity index (χ0) is 13.7. The normalized spacial score (nSPS) is 14.1. The Morgan fingerprint density at radius 3 is 2.16 bits per heavy atom. The Kier molecular flexibility index (Phi) is 5.02. The summed E-state index contributed by atoms with van der Waals surface area (Å²) in [5, 5.41) is 10.1. The van der Waals surface area contributed by atoms with Crippen molar-refractivity contribution in [2.75, 3.05) is 6.54 Å². The van der Waals surface area contributed by atoms with E-state index in [-0.39, 0.29) is 5.92 Å². The molecule has 2 atom stereocenters. The molecule has 0 aliphatic heterocycles. The summed E-state index contributed by atoms with van der Waals surface area (Å²) < 4.78 is 0. The van der Waals surface area contributed by atoms with Crippen LogP contribution in [0.5, 0.6) is 0 Å². The fraction of sp³-hybridized carbons (Fsp3) is 0.250. The van der Waals surface area contributed by atoms with Crippen LogP contribution in [0.1, 0.15) is 18.6 Å². The molecule has 0 fully saturated rings. The van der Waals surface area contributed by atoms with Crippen LogP contribution in [0.3, 0.4) is 0 Å². The van der Waals surface area contributed by atoms with Crippen molar-refractivity contribution in [3.8, 4) is 0 Å². The topological polar surface area (TPSA) is 46.2 Å². The van der Waals surface area contributed by atoms with Crippen LogP contribution in [-0.4, -0.2) is 11.7 Å². The van der Waals surface area contributed by atoms with Gasteiger partial charge in [0, 0.05) is 9.79 Å². The Bertz CT molecular complexity index is 498. The molecule has 2 unspecified atom stereocenters. The molecule has 19 heavy (non-hydrogen) atoms. The third-order valence-electron chi connectivity index (χ3n) is 3.11. The second-order valence-electron chi connectivity index (χ2n) is 4.64. The van der Waals surface area contributed by atoms with Gasteiger partial charge in [0.15, 0.2) is 0 Å². The first-order chi connectivity index (χ1) is 9.20. The maximum absolute atomic E-state index is 10.1. The van der Waals surface area contributed by atoms with Crippen LogP contribution in [0, 0.1) is 5.92 Å². The van der Waals surface area contributed by atoms with Crippen molar-refractivity contribution in [3.05, 3.63) is 60.2 Å². The lowest BCUT2D eigenvalue weighted by atomic mass is 9.98. The van der Waals surface area contributed by atoms with Crippen molar-refractivity contribution >= 4 is 11.8 Å². The Morgan fingerprint density at radius 2 is 1.58 bits per heavy atom. The van der Waals surface area contributed by atoms with Gasteiger partial charge in [0.25, 0.3) is 0 Å². The zero-order valence-electron chi connectivity index (χ0n) is 11.0. The van der Waals surface area contributed by atoms with E-state index in [1.807, 2.05) is 49.4 Å². The Morgan fingerprint density at radius 1 is 1.00 bits per heavy atom. The molecule has 2 aromatic carbocycles. The van der Waals surface area contributed by atoms with E-state index in [1.54, 1.807) is 11.8 Å². The molecule has 0 saturated heterocycles. The number of aliphatic hydroxyl groups is 1. The highest BCUT2D eigenvalue weighted by atomic mass is 32.2. The molecule has 2 aromatic rings. The van der Waals surface area contributed by atoms with Crippen LogP contribution in [-0.2, 0) is 0 Å². The lowest BCUT2D eigenvalue weighted by Crippen LogP contribution is -2.18. The van der Waals surface area contributed by atoms with Gasteiger partial charge in [-0.25, -0.2) is 0 Å². The third-order valence-corrected chi connectivity index (χ3v) is 4.13. The molecule has 3 heteroatoms. The summed E-state index contributed by atoms with van der Waals surface area (Å²) in [4.78, 5) is 2.38. The van der Waals surface area contributed by atoms with E-state index in [2.05, 4.69) is 12.1 Å². The minimum atomic E-state index is -0.485. The van der Waals surface area contributed by atoms with Crippen molar-refractivity contribution in [1.82, 2.24) is 0 Å². The summed E-state index contributed by atoms with van der Waals surface area (Å²) in [6.45, 7) is 2.44. The highest BCUT2D eigenvalue weighted by Gasteiger charge is 2.14. The third kappa shape index (κ3) is 3.83. The number of hydrogen-bond acceptors (Lipinski definition) is 3.